The average molecular weight is 337 g/mol. The fraction of sp³-hybridized carbons (Fsp3) is 0.455. The van der Waals surface area contributed by atoms with Crippen molar-refractivity contribution in [3.8, 4) is 16.9 Å². The lowest BCUT2D eigenvalue weighted by Crippen LogP contribution is -2.10. The van der Waals surface area contributed by atoms with Crippen LogP contribution in [0.25, 0.3) is 11.1 Å². The Hall–Kier alpha value is -2.00. The highest BCUT2D eigenvalue weighted by molar-refractivity contribution is 5.74. The smallest absolute Gasteiger partial charge is 0.122 e. The molecule has 2 saturated carbocycles. The van der Waals surface area contributed by atoms with Gasteiger partial charge in [-0.3, -0.25) is 0 Å². The van der Waals surface area contributed by atoms with Gasteiger partial charge in [0.25, 0.3) is 0 Å². The quantitative estimate of drug-likeness (QED) is 0.758. The number of hydrogen-bond acceptors (Lipinski definition) is 3. The second-order valence-corrected chi connectivity index (χ2v) is 7.44. The summed E-state index contributed by atoms with van der Waals surface area (Å²) in [6.45, 7) is 5.43. The molecule has 4 rings (SSSR count). The fourth-order valence-electron chi connectivity index (χ4n) is 4.22. The second kappa shape index (κ2) is 6.72. The van der Waals surface area contributed by atoms with Crippen molar-refractivity contribution >= 4 is 5.69 Å². The number of ether oxygens (including phenoxy) is 2. The molecule has 25 heavy (non-hydrogen) atoms. The topological polar surface area (TPSA) is 44.5 Å². The Morgan fingerprint density at radius 3 is 2.60 bits per heavy atom. The Kier molecular flexibility index (Phi) is 4.43. The van der Waals surface area contributed by atoms with E-state index in [4.69, 9.17) is 15.2 Å². The molecule has 0 aromatic heterocycles. The van der Waals surface area contributed by atoms with E-state index in [1.165, 1.54) is 30.4 Å². The van der Waals surface area contributed by atoms with Crippen LogP contribution in [0.1, 0.15) is 37.3 Å². The molecule has 2 aromatic rings. The number of nitrogen functional groups attached to an aromatic ring is 1. The molecule has 2 aliphatic carbocycles. The van der Waals surface area contributed by atoms with Gasteiger partial charge in [-0.25, -0.2) is 0 Å². The van der Waals surface area contributed by atoms with E-state index in [-0.39, 0.29) is 0 Å². The van der Waals surface area contributed by atoms with Crippen molar-refractivity contribution in [2.24, 2.45) is 11.8 Å². The molecule has 3 heteroatoms. The first-order chi connectivity index (χ1) is 12.2. The highest BCUT2D eigenvalue weighted by Gasteiger charge is 2.46. The van der Waals surface area contributed by atoms with Gasteiger partial charge in [0.2, 0.25) is 0 Å². The van der Waals surface area contributed by atoms with Gasteiger partial charge < -0.3 is 15.2 Å². The van der Waals surface area contributed by atoms with Gasteiger partial charge >= 0.3 is 0 Å². The number of rotatable bonds is 6. The number of hydrogen-bond donors (Lipinski definition) is 1. The molecular formula is C22H27NO2. The monoisotopic (exact) mass is 337 g/mol. The molecular weight excluding hydrogens is 310 g/mol. The van der Waals surface area contributed by atoms with Crippen LogP contribution in [0, 0.1) is 18.8 Å². The summed E-state index contributed by atoms with van der Waals surface area (Å²) in [7, 11) is 0. The van der Waals surface area contributed by atoms with Crippen LogP contribution in [0.3, 0.4) is 0 Å². The molecule has 0 saturated heterocycles. The molecule has 0 bridgehead atoms. The number of benzene rings is 2. The highest BCUT2D eigenvalue weighted by Crippen LogP contribution is 2.52. The molecule has 0 aliphatic heterocycles. The molecule has 0 spiro atoms. The maximum absolute atomic E-state index is 6.24. The summed E-state index contributed by atoms with van der Waals surface area (Å²) in [5.41, 5.74) is 11.6. The zero-order valence-corrected chi connectivity index (χ0v) is 15.1. The first-order valence-electron chi connectivity index (χ1n) is 9.38. The van der Waals surface area contributed by atoms with Crippen LogP contribution in [0.4, 0.5) is 5.69 Å². The predicted octanol–water partition coefficient (Wildman–Crippen LogP) is 4.96. The molecule has 0 amide bonds. The SMILES string of the molecule is CCOc1cccc(-c2ccc(N)cc2COC2CC3CC3C2)c1C. The van der Waals surface area contributed by atoms with Crippen molar-refractivity contribution < 1.29 is 9.47 Å². The van der Waals surface area contributed by atoms with E-state index in [2.05, 4.69) is 31.2 Å². The Balaban J connectivity index is 1.59. The molecule has 2 fully saturated rings. The predicted molar refractivity (Wildman–Crippen MR) is 102 cm³/mol. The number of anilines is 1. The van der Waals surface area contributed by atoms with Gasteiger partial charge in [-0.15, -0.1) is 0 Å². The third kappa shape index (κ3) is 3.38. The normalized spacial score (nSPS) is 24.2. The van der Waals surface area contributed by atoms with Crippen LogP contribution in [0.2, 0.25) is 0 Å². The van der Waals surface area contributed by atoms with Gasteiger partial charge in [0, 0.05) is 5.69 Å². The molecule has 2 unspecified atom stereocenters. The van der Waals surface area contributed by atoms with E-state index < -0.39 is 0 Å². The lowest BCUT2D eigenvalue weighted by molar-refractivity contribution is 0.0378. The molecule has 2 aliphatic rings. The Morgan fingerprint density at radius 2 is 1.84 bits per heavy atom. The zero-order chi connectivity index (χ0) is 17.4. The van der Waals surface area contributed by atoms with Crippen LogP contribution in [0.5, 0.6) is 5.75 Å². The summed E-state index contributed by atoms with van der Waals surface area (Å²) in [5, 5.41) is 0. The summed E-state index contributed by atoms with van der Waals surface area (Å²) in [4.78, 5) is 0. The van der Waals surface area contributed by atoms with E-state index in [1.807, 2.05) is 19.1 Å². The molecule has 132 valence electrons. The van der Waals surface area contributed by atoms with Crippen molar-refractivity contribution in [3.05, 3.63) is 47.5 Å². The van der Waals surface area contributed by atoms with Gasteiger partial charge in [-0.2, -0.15) is 0 Å². The molecule has 3 nitrogen and oxygen atoms in total. The third-order valence-corrected chi connectivity index (χ3v) is 5.68. The minimum atomic E-state index is 0.425. The van der Waals surface area contributed by atoms with Crippen LogP contribution in [0.15, 0.2) is 36.4 Å². The molecule has 2 aromatic carbocycles. The Labute approximate surface area is 150 Å². The maximum atomic E-state index is 6.24. The molecule has 2 atom stereocenters. The summed E-state index contributed by atoms with van der Waals surface area (Å²) in [5.74, 6) is 2.82. The van der Waals surface area contributed by atoms with E-state index in [0.717, 1.165) is 34.4 Å². The van der Waals surface area contributed by atoms with E-state index in [0.29, 0.717) is 19.3 Å². The molecule has 0 radical (unpaired) electrons. The number of nitrogens with two attached hydrogens (primary N) is 1. The van der Waals surface area contributed by atoms with Crippen molar-refractivity contribution in [1.29, 1.82) is 0 Å². The van der Waals surface area contributed by atoms with Gasteiger partial charge in [-0.05, 0) is 85.4 Å². The lowest BCUT2D eigenvalue weighted by atomic mass is 9.95. The van der Waals surface area contributed by atoms with Crippen LogP contribution in [-0.2, 0) is 11.3 Å². The first kappa shape index (κ1) is 16.5. The van der Waals surface area contributed by atoms with E-state index in [1.54, 1.807) is 0 Å². The molecule has 0 heterocycles. The van der Waals surface area contributed by atoms with E-state index >= 15 is 0 Å². The maximum Gasteiger partial charge on any atom is 0.122 e. The summed E-state index contributed by atoms with van der Waals surface area (Å²) < 4.78 is 12.0. The van der Waals surface area contributed by atoms with Crippen LogP contribution >= 0.6 is 0 Å². The second-order valence-electron chi connectivity index (χ2n) is 7.44. The molecule has 2 N–H and O–H groups in total. The highest BCUT2D eigenvalue weighted by atomic mass is 16.5. The minimum Gasteiger partial charge on any atom is -0.494 e. The van der Waals surface area contributed by atoms with Gasteiger partial charge in [-0.1, -0.05) is 18.2 Å². The van der Waals surface area contributed by atoms with Crippen molar-refractivity contribution in [1.82, 2.24) is 0 Å². The van der Waals surface area contributed by atoms with Gasteiger partial charge in [0.15, 0.2) is 0 Å². The fourth-order valence-corrected chi connectivity index (χ4v) is 4.22. The van der Waals surface area contributed by atoms with Crippen molar-refractivity contribution in [2.45, 2.75) is 45.8 Å². The van der Waals surface area contributed by atoms with Crippen molar-refractivity contribution in [3.63, 3.8) is 0 Å². The zero-order valence-electron chi connectivity index (χ0n) is 15.1. The van der Waals surface area contributed by atoms with Crippen LogP contribution < -0.4 is 10.5 Å². The summed E-state index contributed by atoms with van der Waals surface area (Å²) in [6, 6.07) is 12.4. The van der Waals surface area contributed by atoms with Crippen LogP contribution in [-0.4, -0.2) is 12.7 Å². The van der Waals surface area contributed by atoms with Crippen molar-refractivity contribution in [2.75, 3.05) is 12.3 Å². The minimum absolute atomic E-state index is 0.425. The average Bonchev–Trinajstić information content (AvgIpc) is 3.22. The Bertz CT molecular complexity index is 761. The first-order valence-corrected chi connectivity index (χ1v) is 9.38. The third-order valence-electron chi connectivity index (χ3n) is 5.68. The standard InChI is InChI=1S/C22H27NO2/c1-3-24-22-6-4-5-20(14(22)2)21-8-7-18(23)10-17(21)13-25-19-11-15-9-16(15)12-19/h4-8,10,15-16,19H,3,9,11-13,23H2,1-2H3. The number of fused-ring (bicyclic) bond motifs is 1. The lowest BCUT2D eigenvalue weighted by Gasteiger charge is -2.18. The summed E-state index contributed by atoms with van der Waals surface area (Å²) >= 11 is 0. The summed E-state index contributed by atoms with van der Waals surface area (Å²) in [6.07, 6.45) is 4.32. The van der Waals surface area contributed by atoms with E-state index in [9.17, 15) is 0 Å². The van der Waals surface area contributed by atoms with Gasteiger partial charge in [0.1, 0.15) is 5.75 Å². The van der Waals surface area contributed by atoms with Gasteiger partial charge in [0.05, 0.1) is 19.3 Å². The Morgan fingerprint density at radius 1 is 1.04 bits per heavy atom. The largest absolute Gasteiger partial charge is 0.494 e.